The van der Waals surface area contributed by atoms with E-state index in [1.165, 1.54) is 5.57 Å². The maximum atomic E-state index is 11.2. The lowest BCUT2D eigenvalue weighted by Crippen LogP contribution is -2.58. The molecule has 1 heterocycles. The van der Waals surface area contributed by atoms with E-state index in [0.717, 1.165) is 44.9 Å². The van der Waals surface area contributed by atoms with Crippen molar-refractivity contribution in [1.29, 1.82) is 0 Å². The van der Waals surface area contributed by atoms with E-state index in [0.29, 0.717) is 19.1 Å². The molecule has 2 fully saturated rings. The molecule has 138 valence electrons. The van der Waals surface area contributed by atoms with E-state index in [2.05, 4.69) is 19.9 Å². The van der Waals surface area contributed by atoms with Gasteiger partial charge in [-0.15, -0.1) is 0 Å². The molecule has 0 aromatic heterocycles. The summed E-state index contributed by atoms with van der Waals surface area (Å²) < 4.78 is 0. The third-order valence-electron chi connectivity index (χ3n) is 7.47. The van der Waals surface area contributed by atoms with Gasteiger partial charge < -0.3 is 10.2 Å². The summed E-state index contributed by atoms with van der Waals surface area (Å²) in [5.74, 6) is 0.757. The first-order valence-electron chi connectivity index (χ1n) is 9.57. The molecule has 0 bridgehead atoms. The minimum Gasteiger partial charge on any atom is -0.396 e. The maximum Gasteiger partial charge on any atom is 0.103 e. The van der Waals surface area contributed by atoms with Crippen molar-refractivity contribution < 1.29 is 20.0 Å². The zero-order valence-corrected chi connectivity index (χ0v) is 15.5. The maximum absolute atomic E-state index is 11.2. The minimum absolute atomic E-state index is 0.00279. The van der Waals surface area contributed by atoms with Gasteiger partial charge in [0, 0.05) is 6.61 Å². The Morgan fingerprint density at radius 2 is 1.96 bits per heavy atom. The number of aliphatic hydroxyl groups excluding tert-OH is 1. The average molecular weight is 338 g/mol. The minimum atomic E-state index is -0.620. The normalized spacial score (nSPS) is 46.3. The summed E-state index contributed by atoms with van der Waals surface area (Å²) >= 11 is 0. The molecule has 3 aliphatic rings. The summed E-state index contributed by atoms with van der Waals surface area (Å²) in [6.45, 7) is 7.98. The first-order chi connectivity index (χ1) is 11.3. The molecule has 24 heavy (non-hydrogen) atoms. The lowest BCUT2D eigenvalue weighted by Gasteiger charge is -2.61. The van der Waals surface area contributed by atoms with E-state index < -0.39 is 5.60 Å². The fourth-order valence-electron chi connectivity index (χ4n) is 6.14. The van der Waals surface area contributed by atoms with E-state index in [1.807, 2.05) is 6.92 Å². The molecule has 4 heteroatoms. The fraction of sp³-hybridized carbons (Fsp3) is 0.900. The Kier molecular flexibility index (Phi) is 5.14. The Bertz CT molecular complexity index is 486. The lowest BCUT2D eigenvalue weighted by molar-refractivity contribution is -0.286. The SMILES string of the molecule is CC1(O)CCC2C(C)(CO)CCCC2(C)C1CCC1=CCOOC1. The number of hydrogen-bond acceptors (Lipinski definition) is 4. The summed E-state index contributed by atoms with van der Waals surface area (Å²) in [6.07, 6.45) is 9.33. The van der Waals surface area contributed by atoms with Crippen molar-refractivity contribution in [3.05, 3.63) is 11.6 Å². The predicted octanol–water partition coefficient (Wildman–Crippen LogP) is 3.62. The first-order valence-corrected chi connectivity index (χ1v) is 9.57. The highest BCUT2D eigenvalue weighted by Gasteiger charge is 2.58. The van der Waals surface area contributed by atoms with Crippen LogP contribution in [0.1, 0.15) is 65.7 Å². The Morgan fingerprint density at radius 1 is 1.17 bits per heavy atom. The second-order valence-electron chi connectivity index (χ2n) is 9.12. The molecule has 2 aliphatic carbocycles. The monoisotopic (exact) mass is 338 g/mol. The number of hydrogen-bond donors (Lipinski definition) is 2. The first kappa shape index (κ1) is 18.4. The third kappa shape index (κ3) is 3.18. The van der Waals surface area contributed by atoms with Crippen molar-refractivity contribution in [3.63, 3.8) is 0 Å². The van der Waals surface area contributed by atoms with Gasteiger partial charge in [0.25, 0.3) is 0 Å². The second-order valence-corrected chi connectivity index (χ2v) is 9.12. The van der Waals surface area contributed by atoms with Crippen LogP contribution in [-0.4, -0.2) is 35.6 Å². The molecule has 0 radical (unpaired) electrons. The molecule has 5 unspecified atom stereocenters. The highest BCUT2D eigenvalue weighted by Crippen LogP contribution is 2.63. The van der Waals surface area contributed by atoms with Crippen LogP contribution in [0.3, 0.4) is 0 Å². The Labute approximate surface area is 146 Å². The molecular formula is C20H34O4. The second kappa shape index (κ2) is 6.71. The Hall–Kier alpha value is -0.420. The van der Waals surface area contributed by atoms with Crippen molar-refractivity contribution in [2.75, 3.05) is 19.8 Å². The summed E-state index contributed by atoms with van der Waals surface area (Å²) in [6, 6.07) is 0. The van der Waals surface area contributed by atoms with Crippen molar-refractivity contribution in [2.45, 2.75) is 71.3 Å². The van der Waals surface area contributed by atoms with Crippen LogP contribution in [0.5, 0.6) is 0 Å². The zero-order chi connectivity index (χ0) is 17.4. The molecule has 4 nitrogen and oxygen atoms in total. The molecule has 1 aliphatic heterocycles. The molecule has 0 aromatic rings. The molecule has 0 spiro atoms. The molecule has 0 saturated heterocycles. The molecule has 2 N–H and O–H groups in total. The van der Waals surface area contributed by atoms with Gasteiger partial charge >= 0.3 is 0 Å². The van der Waals surface area contributed by atoms with Gasteiger partial charge in [0.2, 0.25) is 0 Å². The molecule has 5 atom stereocenters. The van der Waals surface area contributed by atoms with Gasteiger partial charge in [0.1, 0.15) is 13.2 Å². The van der Waals surface area contributed by atoms with E-state index in [1.54, 1.807) is 0 Å². The Balaban J connectivity index is 1.82. The topological polar surface area (TPSA) is 58.9 Å². The van der Waals surface area contributed by atoms with E-state index in [4.69, 9.17) is 9.78 Å². The summed E-state index contributed by atoms with van der Waals surface area (Å²) in [5, 5.41) is 21.2. The number of fused-ring (bicyclic) bond motifs is 1. The van der Waals surface area contributed by atoms with Crippen LogP contribution >= 0.6 is 0 Å². The van der Waals surface area contributed by atoms with Crippen LogP contribution in [-0.2, 0) is 9.78 Å². The standard InChI is InChI=1S/C20H34O4/c1-18(14-21)9-4-10-19(2)16(18)7-11-20(3,22)17(19)6-5-15-8-12-23-24-13-15/h8,16-17,21-22H,4-7,9-14H2,1-3H3. The molecule has 0 amide bonds. The molecule has 0 aromatic carbocycles. The average Bonchev–Trinajstić information content (AvgIpc) is 2.54. The quantitative estimate of drug-likeness (QED) is 0.607. The summed E-state index contributed by atoms with van der Waals surface area (Å²) in [7, 11) is 0. The van der Waals surface area contributed by atoms with Gasteiger partial charge in [0.05, 0.1) is 5.60 Å². The lowest BCUT2D eigenvalue weighted by atomic mass is 9.45. The van der Waals surface area contributed by atoms with Gasteiger partial charge in [-0.3, -0.25) is 0 Å². The van der Waals surface area contributed by atoms with Gasteiger partial charge in [-0.25, -0.2) is 9.78 Å². The smallest absolute Gasteiger partial charge is 0.103 e. The van der Waals surface area contributed by atoms with Crippen LogP contribution in [0.2, 0.25) is 0 Å². The fourth-order valence-corrected chi connectivity index (χ4v) is 6.14. The zero-order valence-electron chi connectivity index (χ0n) is 15.5. The molecule has 3 rings (SSSR count). The van der Waals surface area contributed by atoms with E-state index in [9.17, 15) is 10.2 Å². The number of aliphatic hydroxyl groups is 2. The van der Waals surface area contributed by atoms with Crippen LogP contribution in [0, 0.1) is 22.7 Å². The highest BCUT2D eigenvalue weighted by atomic mass is 17.2. The van der Waals surface area contributed by atoms with Crippen molar-refractivity contribution in [2.24, 2.45) is 22.7 Å². The van der Waals surface area contributed by atoms with Crippen LogP contribution in [0.15, 0.2) is 11.6 Å². The largest absolute Gasteiger partial charge is 0.396 e. The number of rotatable bonds is 4. The van der Waals surface area contributed by atoms with Gasteiger partial charge in [-0.2, -0.15) is 0 Å². The van der Waals surface area contributed by atoms with E-state index >= 15 is 0 Å². The molecular weight excluding hydrogens is 304 g/mol. The van der Waals surface area contributed by atoms with Gasteiger partial charge in [-0.1, -0.05) is 26.3 Å². The molecule has 2 saturated carbocycles. The Morgan fingerprint density at radius 3 is 2.62 bits per heavy atom. The predicted molar refractivity (Wildman–Crippen MR) is 93.2 cm³/mol. The van der Waals surface area contributed by atoms with Gasteiger partial charge in [-0.05, 0) is 73.7 Å². The highest BCUT2D eigenvalue weighted by molar-refractivity contribution is 5.10. The van der Waals surface area contributed by atoms with E-state index in [-0.39, 0.29) is 23.4 Å². The van der Waals surface area contributed by atoms with Crippen molar-refractivity contribution in [1.82, 2.24) is 0 Å². The summed E-state index contributed by atoms with van der Waals surface area (Å²) in [5.41, 5.74) is 0.766. The third-order valence-corrected chi connectivity index (χ3v) is 7.47. The van der Waals surface area contributed by atoms with Crippen LogP contribution in [0.25, 0.3) is 0 Å². The van der Waals surface area contributed by atoms with Gasteiger partial charge in [0.15, 0.2) is 0 Å². The summed E-state index contributed by atoms with van der Waals surface area (Å²) in [4.78, 5) is 10.0. The van der Waals surface area contributed by atoms with Crippen LogP contribution in [0.4, 0.5) is 0 Å². The van der Waals surface area contributed by atoms with Crippen molar-refractivity contribution >= 4 is 0 Å². The van der Waals surface area contributed by atoms with Crippen molar-refractivity contribution in [3.8, 4) is 0 Å². The van der Waals surface area contributed by atoms with Crippen LogP contribution < -0.4 is 0 Å².